The van der Waals surface area contributed by atoms with Gasteiger partial charge in [0.1, 0.15) is 6.04 Å². The average molecular weight is 393 g/mol. The highest BCUT2D eigenvalue weighted by Crippen LogP contribution is 2.46. The van der Waals surface area contributed by atoms with E-state index in [4.69, 9.17) is 0 Å². The molecule has 3 unspecified atom stereocenters. The zero-order chi connectivity index (χ0) is 20.4. The summed E-state index contributed by atoms with van der Waals surface area (Å²) in [6.45, 7) is 2.27. The van der Waals surface area contributed by atoms with Gasteiger partial charge in [0.15, 0.2) is 0 Å². The van der Waals surface area contributed by atoms with Crippen molar-refractivity contribution in [2.75, 3.05) is 11.9 Å². The number of imide groups is 2. The third-order valence-electron chi connectivity index (χ3n) is 7.08. The molecule has 1 N–H and O–H groups in total. The molecule has 5 rings (SSSR count). The minimum absolute atomic E-state index is 0.118. The predicted octanol–water partition coefficient (Wildman–Crippen LogP) is 1.73. The van der Waals surface area contributed by atoms with Crippen molar-refractivity contribution in [2.24, 2.45) is 17.8 Å². The van der Waals surface area contributed by atoms with Crippen molar-refractivity contribution in [2.45, 2.75) is 38.3 Å². The average Bonchev–Trinajstić information content (AvgIpc) is 3.35. The lowest BCUT2D eigenvalue weighted by atomic mass is 9.89. The number of fused-ring (bicyclic) bond motifs is 3. The van der Waals surface area contributed by atoms with Gasteiger partial charge in [-0.1, -0.05) is 19.1 Å². The molecule has 1 saturated heterocycles. The molecule has 2 heterocycles. The molecule has 29 heavy (non-hydrogen) atoms. The fraction of sp³-hybridized carbons (Fsp3) is 0.455. The maximum atomic E-state index is 13.0. The molecule has 1 aromatic carbocycles. The van der Waals surface area contributed by atoms with Gasteiger partial charge in [-0.15, -0.1) is 0 Å². The van der Waals surface area contributed by atoms with Crippen molar-refractivity contribution in [3.05, 3.63) is 41.5 Å². The molecule has 1 aromatic rings. The van der Waals surface area contributed by atoms with E-state index in [1.54, 1.807) is 12.1 Å². The van der Waals surface area contributed by atoms with Crippen LogP contribution in [0.2, 0.25) is 0 Å². The maximum Gasteiger partial charge on any atom is 0.262 e. The summed E-state index contributed by atoms with van der Waals surface area (Å²) in [5, 5.41) is 2.22. The van der Waals surface area contributed by atoms with E-state index >= 15 is 0 Å². The Morgan fingerprint density at radius 1 is 1.03 bits per heavy atom. The molecule has 1 saturated carbocycles. The van der Waals surface area contributed by atoms with Crippen molar-refractivity contribution < 1.29 is 19.2 Å². The van der Waals surface area contributed by atoms with Gasteiger partial charge in [-0.25, -0.2) is 0 Å². The second-order valence-electron chi connectivity index (χ2n) is 8.59. The van der Waals surface area contributed by atoms with E-state index in [9.17, 15) is 19.2 Å². The Morgan fingerprint density at radius 2 is 1.76 bits per heavy atom. The van der Waals surface area contributed by atoms with Crippen molar-refractivity contribution >= 4 is 29.3 Å². The van der Waals surface area contributed by atoms with Gasteiger partial charge in [0.2, 0.25) is 11.8 Å². The maximum absolute atomic E-state index is 13.0. The Morgan fingerprint density at radius 3 is 2.45 bits per heavy atom. The molecule has 2 aliphatic heterocycles. The Bertz CT molecular complexity index is 984. The zero-order valence-corrected chi connectivity index (χ0v) is 16.4. The number of nitrogens with one attached hydrogen (secondary N) is 1. The fourth-order valence-corrected chi connectivity index (χ4v) is 5.53. The first kappa shape index (κ1) is 18.1. The molecule has 7 heteroatoms. The molecule has 4 aliphatic rings. The second-order valence-corrected chi connectivity index (χ2v) is 8.59. The highest BCUT2D eigenvalue weighted by Gasteiger charge is 2.46. The zero-order valence-electron chi connectivity index (χ0n) is 16.4. The number of hydrogen-bond acceptors (Lipinski definition) is 5. The summed E-state index contributed by atoms with van der Waals surface area (Å²) in [6, 6.07) is 4.75. The molecule has 2 bridgehead atoms. The molecule has 0 spiro atoms. The summed E-state index contributed by atoms with van der Waals surface area (Å²) in [4.78, 5) is 52.7. The normalized spacial score (nSPS) is 32.8. The van der Waals surface area contributed by atoms with Crippen LogP contribution in [-0.4, -0.2) is 47.7 Å². The topological polar surface area (TPSA) is 86.8 Å². The van der Waals surface area contributed by atoms with E-state index in [2.05, 4.69) is 29.3 Å². The van der Waals surface area contributed by atoms with Crippen LogP contribution in [0.5, 0.6) is 0 Å². The summed E-state index contributed by atoms with van der Waals surface area (Å²) in [5.41, 5.74) is 1.54. The monoisotopic (exact) mass is 393 g/mol. The number of allylic oxidation sites excluding steroid dienone is 1. The lowest BCUT2D eigenvalue weighted by Gasteiger charge is -2.35. The highest BCUT2D eigenvalue weighted by atomic mass is 16.2. The number of piperidine rings is 1. The quantitative estimate of drug-likeness (QED) is 0.624. The molecule has 0 radical (unpaired) electrons. The number of amides is 4. The lowest BCUT2D eigenvalue weighted by molar-refractivity contribution is -0.136. The second kappa shape index (κ2) is 6.27. The first-order valence-corrected chi connectivity index (χ1v) is 10.1. The third kappa shape index (κ3) is 2.56. The van der Waals surface area contributed by atoms with Crippen LogP contribution in [0.3, 0.4) is 0 Å². The number of hydrogen-bond donors (Lipinski definition) is 1. The van der Waals surface area contributed by atoms with Crippen LogP contribution in [0.1, 0.15) is 46.9 Å². The molecule has 150 valence electrons. The van der Waals surface area contributed by atoms with Crippen molar-refractivity contribution in [3.63, 3.8) is 0 Å². The third-order valence-corrected chi connectivity index (χ3v) is 7.08. The Balaban J connectivity index is 1.43. The van der Waals surface area contributed by atoms with Crippen molar-refractivity contribution in [1.82, 2.24) is 10.2 Å². The highest BCUT2D eigenvalue weighted by molar-refractivity contribution is 6.23. The first-order valence-electron chi connectivity index (χ1n) is 10.1. The Labute approximate surface area is 168 Å². The number of nitrogens with zero attached hydrogens (tertiary/aromatic N) is 2. The van der Waals surface area contributed by atoms with Gasteiger partial charge in [-0.3, -0.25) is 29.4 Å². The summed E-state index contributed by atoms with van der Waals surface area (Å²) in [5.74, 6) is -0.253. The molecular formula is C22H23N3O4. The minimum Gasteiger partial charge on any atom is -0.371 e. The van der Waals surface area contributed by atoms with E-state index in [1.165, 1.54) is 6.42 Å². The van der Waals surface area contributed by atoms with E-state index in [0.717, 1.165) is 10.6 Å². The van der Waals surface area contributed by atoms with Crippen LogP contribution >= 0.6 is 0 Å². The summed E-state index contributed by atoms with van der Waals surface area (Å²) in [7, 11) is 2.04. The lowest BCUT2D eigenvalue weighted by Crippen LogP contribution is -2.54. The van der Waals surface area contributed by atoms with Crippen LogP contribution < -0.4 is 10.2 Å². The van der Waals surface area contributed by atoms with Crippen molar-refractivity contribution in [3.8, 4) is 0 Å². The predicted molar refractivity (Wildman–Crippen MR) is 105 cm³/mol. The van der Waals surface area contributed by atoms with Crippen LogP contribution in [0.4, 0.5) is 5.69 Å². The molecule has 2 aliphatic carbocycles. The standard InChI is InChI=1S/C22H23N3O4/c1-11-12-3-4-13(9-12)19(11)24(2)14-5-6-15-16(10-14)22(29)25(21(15)28)17-7-8-18(26)23-20(17)27/h3-6,10-13,17,19H,7-9H2,1-2H3,(H,23,26,27)/t11-,12?,13?,17?,19-/m0/s1. The minimum atomic E-state index is -0.933. The molecule has 7 nitrogen and oxygen atoms in total. The summed E-state index contributed by atoms with van der Waals surface area (Å²) < 4.78 is 0. The van der Waals surface area contributed by atoms with Gasteiger partial charge < -0.3 is 4.90 Å². The van der Waals surface area contributed by atoms with Gasteiger partial charge in [0.25, 0.3) is 11.8 Å². The van der Waals surface area contributed by atoms with Gasteiger partial charge in [-0.05, 0) is 48.8 Å². The number of rotatable bonds is 3. The fourth-order valence-electron chi connectivity index (χ4n) is 5.53. The van der Waals surface area contributed by atoms with Gasteiger partial charge in [-0.2, -0.15) is 0 Å². The smallest absolute Gasteiger partial charge is 0.262 e. The van der Waals surface area contributed by atoms with E-state index in [-0.39, 0.29) is 18.7 Å². The summed E-state index contributed by atoms with van der Waals surface area (Å²) >= 11 is 0. The SMILES string of the molecule is C[C@H]1C2C=CC(C2)[C@H]1N(C)c1ccc2c(c1)C(=O)N(C1CCC(=O)NC1=O)C2=O. The van der Waals surface area contributed by atoms with E-state index in [1.807, 2.05) is 13.1 Å². The van der Waals surface area contributed by atoms with Gasteiger partial charge >= 0.3 is 0 Å². The molecule has 0 aromatic heterocycles. The van der Waals surface area contributed by atoms with Crippen molar-refractivity contribution in [1.29, 1.82) is 0 Å². The molecule has 4 amide bonds. The van der Waals surface area contributed by atoms with Crippen LogP contribution in [-0.2, 0) is 9.59 Å². The van der Waals surface area contributed by atoms with E-state index < -0.39 is 23.8 Å². The molecule has 2 fully saturated rings. The van der Waals surface area contributed by atoms with Crippen LogP contribution in [0, 0.1) is 17.8 Å². The Hall–Kier alpha value is -2.96. The molecule has 5 atom stereocenters. The van der Waals surface area contributed by atoms with Crippen LogP contribution in [0.25, 0.3) is 0 Å². The van der Waals surface area contributed by atoms with Gasteiger partial charge in [0.05, 0.1) is 11.1 Å². The summed E-state index contributed by atoms with van der Waals surface area (Å²) in [6.07, 6.45) is 6.05. The van der Waals surface area contributed by atoms with Gasteiger partial charge in [0, 0.05) is 25.2 Å². The first-order chi connectivity index (χ1) is 13.9. The van der Waals surface area contributed by atoms with Crippen LogP contribution in [0.15, 0.2) is 30.4 Å². The Kier molecular flexibility index (Phi) is 3.91. The van der Waals surface area contributed by atoms with E-state index in [0.29, 0.717) is 34.9 Å². The number of anilines is 1. The number of benzene rings is 1. The molecular weight excluding hydrogens is 370 g/mol. The number of carbonyl (C=O) groups is 4. The largest absolute Gasteiger partial charge is 0.371 e. The number of carbonyl (C=O) groups excluding carboxylic acids is 4.